The number of ether oxygens (including phenoxy) is 1. The first-order chi connectivity index (χ1) is 9.56. The number of rotatable bonds is 5. The molecule has 1 aliphatic rings. The highest BCUT2D eigenvalue weighted by molar-refractivity contribution is 9.10. The summed E-state index contributed by atoms with van der Waals surface area (Å²) in [5, 5.41) is 0. The van der Waals surface area contributed by atoms with Gasteiger partial charge in [-0.05, 0) is 62.1 Å². The molecule has 1 aromatic rings. The van der Waals surface area contributed by atoms with E-state index < -0.39 is 0 Å². The van der Waals surface area contributed by atoms with Crippen molar-refractivity contribution in [3.63, 3.8) is 0 Å². The molecule has 0 saturated heterocycles. The van der Waals surface area contributed by atoms with Crippen LogP contribution in [0.4, 0.5) is 0 Å². The van der Waals surface area contributed by atoms with Crippen molar-refractivity contribution in [3.8, 4) is 0 Å². The number of hydrogen-bond acceptors (Lipinski definition) is 2. The molecule has 1 aliphatic carbocycles. The molecule has 3 heteroatoms. The number of carbonyl (C=O) groups is 1. The normalized spacial score (nSPS) is 26.4. The summed E-state index contributed by atoms with van der Waals surface area (Å²) >= 11 is 3.43. The van der Waals surface area contributed by atoms with E-state index >= 15 is 0 Å². The van der Waals surface area contributed by atoms with Crippen LogP contribution in [-0.4, -0.2) is 19.0 Å². The Hall–Kier alpha value is -0.670. The fraction of sp³-hybridized carbons (Fsp3) is 0.588. The van der Waals surface area contributed by atoms with Crippen molar-refractivity contribution in [2.24, 2.45) is 5.41 Å². The molecule has 1 saturated carbocycles. The monoisotopic (exact) mass is 338 g/mol. The van der Waals surface area contributed by atoms with Crippen molar-refractivity contribution < 1.29 is 9.53 Å². The Balaban J connectivity index is 2.04. The van der Waals surface area contributed by atoms with Crippen molar-refractivity contribution in [1.29, 1.82) is 0 Å². The Morgan fingerprint density at radius 1 is 1.40 bits per heavy atom. The van der Waals surface area contributed by atoms with Gasteiger partial charge in [-0.15, -0.1) is 0 Å². The first-order valence-corrected chi connectivity index (χ1v) is 8.21. The zero-order valence-electron chi connectivity index (χ0n) is 12.3. The van der Waals surface area contributed by atoms with Crippen molar-refractivity contribution in [1.82, 2.24) is 0 Å². The molecule has 0 atom stereocenters. The van der Waals surface area contributed by atoms with Crippen LogP contribution in [0.2, 0.25) is 0 Å². The average Bonchev–Trinajstić information content (AvgIpc) is 2.44. The molecule has 2 nitrogen and oxygen atoms in total. The van der Waals surface area contributed by atoms with Crippen LogP contribution in [-0.2, 0) is 11.2 Å². The molecule has 2 rings (SSSR count). The molecule has 0 amide bonds. The molecule has 110 valence electrons. The highest BCUT2D eigenvalue weighted by atomic mass is 79.9. The first kappa shape index (κ1) is 15.7. The van der Waals surface area contributed by atoms with Crippen molar-refractivity contribution in [2.45, 2.75) is 52.1 Å². The summed E-state index contributed by atoms with van der Waals surface area (Å²) < 4.78 is 6.69. The predicted molar refractivity (Wildman–Crippen MR) is 85.2 cm³/mol. The summed E-state index contributed by atoms with van der Waals surface area (Å²) in [7, 11) is 0. The minimum Gasteiger partial charge on any atom is -0.379 e. The van der Waals surface area contributed by atoms with E-state index in [1.165, 1.54) is 18.4 Å². The van der Waals surface area contributed by atoms with E-state index in [4.69, 9.17) is 4.74 Å². The van der Waals surface area contributed by atoms with Gasteiger partial charge < -0.3 is 4.74 Å². The van der Waals surface area contributed by atoms with E-state index in [0.29, 0.717) is 11.5 Å². The van der Waals surface area contributed by atoms with Gasteiger partial charge in [-0.1, -0.05) is 28.9 Å². The van der Waals surface area contributed by atoms with E-state index in [1.807, 2.05) is 12.1 Å². The first-order valence-electron chi connectivity index (χ1n) is 7.41. The van der Waals surface area contributed by atoms with Crippen LogP contribution < -0.4 is 0 Å². The molecule has 0 radical (unpaired) electrons. The summed E-state index contributed by atoms with van der Waals surface area (Å²) in [4.78, 5) is 11.2. The molecule has 0 aromatic heterocycles. The standard InChI is InChI=1S/C17H23BrO2/c1-3-20-16-6-8-17(2,9-7-16)11-13-4-5-15(18)10-14(13)12-19/h4-5,10,12,16H,3,6-9,11H2,1-2H3. The van der Waals surface area contributed by atoms with Gasteiger partial charge in [-0.2, -0.15) is 0 Å². The van der Waals surface area contributed by atoms with Gasteiger partial charge in [0.15, 0.2) is 0 Å². The van der Waals surface area contributed by atoms with Gasteiger partial charge in [0.05, 0.1) is 6.10 Å². The van der Waals surface area contributed by atoms with Gasteiger partial charge in [0.1, 0.15) is 6.29 Å². The van der Waals surface area contributed by atoms with Gasteiger partial charge in [-0.3, -0.25) is 4.79 Å². The Bertz CT molecular complexity index is 462. The molecule has 0 unspecified atom stereocenters. The molecule has 1 fully saturated rings. The fourth-order valence-electron chi connectivity index (χ4n) is 3.16. The second kappa shape index (κ2) is 6.86. The summed E-state index contributed by atoms with van der Waals surface area (Å²) in [5.74, 6) is 0. The summed E-state index contributed by atoms with van der Waals surface area (Å²) in [5.41, 5.74) is 2.27. The lowest BCUT2D eigenvalue weighted by Crippen LogP contribution is -2.30. The minimum atomic E-state index is 0.291. The summed E-state index contributed by atoms with van der Waals surface area (Å²) in [6.45, 7) is 5.21. The molecule has 0 spiro atoms. The Kier molecular flexibility index (Phi) is 5.39. The van der Waals surface area contributed by atoms with E-state index in [-0.39, 0.29) is 0 Å². The fourth-order valence-corrected chi connectivity index (χ4v) is 3.54. The Labute approximate surface area is 130 Å². The van der Waals surface area contributed by atoms with Crippen molar-refractivity contribution >= 4 is 22.2 Å². The van der Waals surface area contributed by atoms with Crippen LogP contribution >= 0.6 is 15.9 Å². The third-order valence-corrected chi connectivity index (χ3v) is 4.89. The topological polar surface area (TPSA) is 26.3 Å². The van der Waals surface area contributed by atoms with E-state index in [9.17, 15) is 4.79 Å². The van der Waals surface area contributed by atoms with Gasteiger partial charge in [-0.25, -0.2) is 0 Å². The predicted octanol–water partition coefficient (Wildman–Crippen LogP) is 4.79. The van der Waals surface area contributed by atoms with Crippen LogP contribution in [0.15, 0.2) is 22.7 Å². The lowest BCUT2D eigenvalue weighted by molar-refractivity contribution is 0.00689. The van der Waals surface area contributed by atoms with Crippen LogP contribution in [0.3, 0.4) is 0 Å². The second-order valence-electron chi connectivity index (χ2n) is 6.10. The van der Waals surface area contributed by atoms with Gasteiger partial charge in [0.2, 0.25) is 0 Å². The largest absolute Gasteiger partial charge is 0.379 e. The number of aldehydes is 1. The zero-order chi connectivity index (χ0) is 14.6. The molecule has 0 bridgehead atoms. The quantitative estimate of drug-likeness (QED) is 0.721. The average molecular weight is 339 g/mol. The molecule has 0 N–H and O–H groups in total. The van der Waals surface area contributed by atoms with E-state index in [1.54, 1.807) is 0 Å². The van der Waals surface area contributed by atoms with Crippen LogP contribution in [0.1, 0.15) is 55.5 Å². The highest BCUT2D eigenvalue weighted by Crippen LogP contribution is 2.40. The minimum absolute atomic E-state index is 0.291. The second-order valence-corrected chi connectivity index (χ2v) is 7.02. The molecule has 0 aliphatic heterocycles. The maximum Gasteiger partial charge on any atom is 0.150 e. The molecule has 1 aromatic carbocycles. The lowest BCUT2D eigenvalue weighted by atomic mass is 9.70. The highest BCUT2D eigenvalue weighted by Gasteiger charge is 2.32. The summed E-state index contributed by atoms with van der Waals surface area (Å²) in [6.07, 6.45) is 7.00. The van der Waals surface area contributed by atoms with Crippen LogP contribution in [0.5, 0.6) is 0 Å². The van der Waals surface area contributed by atoms with E-state index in [2.05, 4.69) is 35.8 Å². The maximum atomic E-state index is 11.2. The van der Waals surface area contributed by atoms with Gasteiger partial charge in [0.25, 0.3) is 0 Å². The smallest absolute Gasteiger partial charge is 0.150 e. The molecule has 0 heterocycles. The lowest BCUT2D eigenvalue weighted by Gasteiger charge is -2.37. The number of benzene rings is 1. The third kappa shape index (κ3) is 3.92. The Morgan fingerprint density at radius 2 is 2.10 bits per heavy atom. The third-order valence-electron chi connectivity index (χ3n) is 4.39. The van der Waals surface area contributed by atoms with Crippen molar-refractivity contribution in [2.75, 3.05) is 6.61 Å². The Morgan fingerprint density at radius 3 is 2.70 bits per heavy atom. The molecular formula is C17H23BrO2. The molecular weight excluding hydrogens is 316 g/mol. The maximum absolute atomic E-state index is 11.2. The van der Waals surface area contributed by atoms with Gasteiger partial charge >= 0.3 is 0 Å². The molecule has 20 heavy (non-hydrogen) atoms. The van der Waals surface area contributed by atoms with E-state index in [0.717, 1.165) is 42.2 Å². The number of hydrogen-bond donors (Lipinski definition) is 0. The zero-order valence-corrected chi connectivity index (χ0v) is 13.9. The van der Waals surface area contributed by atoms with Gasteiger partial charge in [0, 0.05) is 16.6 Å². The SMILES string of the molecule is CCOC1CCC(C)(Cc2ccc(Br)cc2C=O)CC1. The van der Waals surface area contributed by atoms with Crippen LogP contribution in [0, 0.1) is 5.41 Å². The summed E-state index contributed by atoms with van der Waals surface area (Å²) in [6, 6.07) is 6.02. The van der Waals surface area contributed by atoms with Crippen LogP contribution in [0.25, 0.3) is 0 Å². The number of halogens is 1. The number of carbonyl (C=O) groups excluding carboxylic acids is 1. The van der Waals surface area contributed by atoms with Crippen molar-refractivity contribution in [3.05, 3.63) is 33.8 Å².